The van der Waals surface area contributed by atoms with Gasteiger partial charge in [0.1, 0.15) is 5.75 Å². The molecule has 0 heterocycles. The number of ether oxygens (including phenoxy) is 4. The third-order valence-corrected chi connectivity index (χ3v) is 3.68. The minimum absolute atomic E-state index is 0.00115. The van der Waals surface area contributed by atoms with E-state index >= 15 is 0 Å². The van der Waals surface area contributed by atoms with Gasteiger partial charge in [0.2, 0.25) is 0 Å². The second-order valence-electron chi connectivity index (χ2n) is 5.22. The van der Waals surface area contributed by atoms with E-state index in [0.29, 0.717) is 16.5 Å². The van der Waals surface area contributed by atoms with Crippen LogP contribution in [0.4, 0.5) is 14.5 Å². The molecule has 0 fully saturated rings. The van der Waals surface area contributed by atoms with Crippen molar-refractivity contribution in [2.24, 2.45) is 0 Å². The molecule has 0 aromatic heterocycles. The van der Waals surface area contributed by atoms with E-state index < -0.39 is 25.1 Å². The average molecular weight is 416 g/mol. The quantitative estimate of drug-likeness (QED) is 0.661. The first-order valence-corrected chi connectivity index (χ1v) is 8.15. The van der Waals surface area contributed by atoms with Gasteiger partial charge in [-0.2, -0.15) is 8.78 Å². The number of rotatable bonds is 8. The van der Waals surface area contributed by atoms with Crippen LogP contribution in [0.1, 0.15) is 10.4 Å². The highest BCUT2D eigenvalue weighted by Gasteiger charge is 2.16. The molecular formula is C18H16ClF2NO6. The van der Waals surface area contributed by atoms with Gasteiger partial charge < -0.3 is 24.3 Å². The number of halogens is 3. The molecule has 0 spiro atoms. The topological polar surface area (TPSA) is 83.1 Å². The first kappa shape index (κ1) is 21.2. The van der Waals surface area contributed by atoms with Crippen LogP contribution in [0.2, 0.25) is 5.02 Å². The van der Waals surface area contributed by atoms with Crippen molar-refractivity contribution in [3.63, 3.8) is 0 Å². The number of hydrogen-bond acceptors (Lipinski definition) is 6. The fourth-order valence-corrected chi connectivity index (χ4v) is 2.40. The smallest absolute Gasteiger partial charge is 0.387 e. The lowest BCUT2D eigenvalue weighted by atomic mass is 10.2. The number of amides is 1. The summed E-state index contributed by atoms with van der Waals surface area (Å²) in [5.41, 5.74) is 0.390. The second-order valence-corrected chi connectivity index (χ2v) is 5.62. The van der Waals surface area contributed by atoms with Crippen LogP contribution < -0.4 is 19.5 Å². The van der Waals surface area contributed by atoms with Crippen molar-refractivity contribution in [1.29, 1.82) is 0 Å². The maximum absolute atomic E-state index is 12.3. The molecule has 1 N–H and O–H groups in total. The SMILES string of the molecule is COc1ccc(NC(=O)COC(=O)c2ccc(OC(F)F)c(OC)c2)cc1Cl. The summed E-state index contributed by atoms with van der Waals surface area (Å²) in [4.78, 5) is 24.0. The number of benzene rings is 2. The summed E-state index contributed by atoms with van der Waals surface area (Å²) >= 11 is 5.96. The summed E-state index contributed by atoms with van der Waals surface area (Å²) in [6.07, 6.45) is 0. The Morgan fingerprint density at radius 1 is 1.04 bits per heavy atom. The number of nitrogens with one attached hydrogen (secondary N) is 1. The summed E-state index contributed by atoms with van der Waals surface area (Å²) in [6.45, 7) is -3.61. The average Bonchev–Trinajstić information content (AvgIpc) is 2.66. The molecule has 0 aliphatic carbocycles. The first-order valence-electron chi connectivity index (χ1n) is 7.77. The van der Waals surface area contributed by atoms with Gasteiger partial charge >= 0.3 is 12.6 Å². The zero-order chi connectivity index (χ0) is 20.7. The molecule has 0 radical (unpaired) electrons. The predicted octanol–water partition coefficient (Wildman–Crippen LogP) is 3.75. The molecule has 0 saturated heterocycles. The highest BCUT2D eigenvalue weighted by molar-refractivity contribution is 6.32. The van der Waals surface area contributed by atoms with Gasteiger partial charge in [0, 0.05) is 5.69 Å². The second kappa shape index (κ2) is 9.75. The van der Waals surface area contributed by atoms with Crippen molar-refractivity contribution >= 4 is 29.2 Å². The summed E-state index contributed by atoms with van der Waals surface area (Å²) in [5.74, 6) is -1.31. The maximum atomic E-state index is 12.3. The molecule has 1 amide bonds. The first-order chi connectivity index (χ1) is 13.3. The van der Waals surface area contributed by atoms with Gasteiger partial charge in [-0.25, -0.2) is 4.79 Å². The number of alkyl halides is 2. The summed E-state index contributed by atoms with van der Waals surface area (Å²) < 4.78 is 43.7. The van der Waals surface area contributed by atoms with Crippen LogP contribution in [0, 0.1) is 0 Å². The third-order valence-electron chi connectivity index (χ3n) is 3.39. The van der Waals surface area contributed by atoms with E-state index in [0.717, 1.165) is 6.07 Å². The Kier molecular flexibility index (Phi) is 7.39. The lowest BCUT2D eigenvalue weighted by Crippen LogP contribution is -2.21. The number of hydrogen-bond donors (Lipinski definition) is 1. The van der Waals surface area contributed by atoms with E-state index in [1.54, 1.807) is 12.1 Å². The minimum Gasteiger partial charge on any atom is -0.495 e. The molecule has 2 rings (SSSR count). The molecular weight excluding hydrogens is 400 g/mol. The van der Waals surface area contributed by atoms with Crippen LogP contribution in [-0.4, -0.2) is 39.3 Å². The van der Waals surface area contributed by atoms with Crippen molar-refractivity contribution in [1.82, 2.24) is 0 Å². The van der Waals surface area contributed by atoms with E-state index in [9.17, 15) is 18.4 Å². The highest BCUT2D eigenvalue weighted by atomic mass is 35.5. The van der Waals surface area contributed by atoms with Gasteiger partial charge in [-0.1, -0.05) is 11.6 Å². The van der Waals surface area contributed by atoms with Crippen molar-refractivity contribution in [3.05, 3.63) is 47.0 Å². The third kappa shape index (κ3) is 5.71. The van der Waals surface area contributed by atoms with E-state index in [-0.39, 0.29) is 17.1 Å². The van der Waals surface area contributed by atoms with Gasteiger partial charge in [0.15, 0.2) is 18.1 Å². The van der Waals surface area contributed by atoms with Crippen LogP contribution in [-0.2, 0) is 9.53 Å². The van der Waals surface area contributed by atoms with E-state index in [4.69, 9.17) is 25.8 Å². The van der Waals surface area contributed by atoms with Crippen molar-refractivity contribution in [2.45, 2.75) is 6.61 Å². The number of methoxy groups -OCH3 is 2. The Hall–Kier alpha value is -3.07. The largest absolute Gasteiger partial charge is 0.495 e. The summed E-state index contributed by atoms with van der Waals surface area (Å²) in [6, 6.07) is 8.13. The lowest BCUT2D eigenvalue weighted by molar-refractivity contribution is -0.119. The molecule has 0 aliphatic heterocycles. The molecule has 150 valence electrons. The van der Waals surface area contributed by atoms with E-state index in [1.165, 1.54) is 32.4 Å². The Balaban J connectivity index is 1.95. The fourth-order valence-electron chi connectivity index (χ4n) is 2.14. The Morgan fingerprint density at radius 2 is 1.71 bits per heavy atom. The monoisotopic (exact) mass is 415 g/mol. The number of carbonyl (C=O) groups excluding carboxylic acids is 2. The van der Waals surface area contributed by atoms with Gasteiger partial charge in [-0.05, 0) is 36.4 Å². The zero-order valence-electron chi connectivity index (χ0n) is 14.8. The molecule has 0 aliphatic rings. The highest BCUT2D eigenvalue weighted by Crippen LogP contribution is 2.30. The minimum atomic E-state index is -3.04. The predicted molar refractivity (Wildman–Crippen MR) is 96.5 cm³/mol. The normalized spacial score (nSPS) is 10.4. The van der Waals surface area contributed by atoms with Crippen molar-refractivity contribution < 1.29 is 37.3 Å². The summed E-state index contributed by atoms with van der Waals surface area (Å²) in [5, 5.41) is 2.81. The van der Waals surface area contributed by atoms with E-state index in [2.05, 4.69) is 10.1 Å². The molecule has 0 unspecified atom stereocenters. The molecule has 10 heteroatoms. The Bertz CT molecular complexity index is 862. The molecule has 2 aromatic carbocycles. The molecule has 0 saturated carbocycles. The number of esters is 1. The number of carbonyl (C=O) groups is 2. The van der Waals surface area contributed by atoms with Crippen molar-refractivity contribution in [2.75, 3.05) is 26.1 Å². The standard InChI is InChI=1S/C18H16ClF2NO6/c1-25-13-6-4-11(8-12(13)19)22-16(23)9-27-17(24)10-3-5-14(28-18(20)21)15(7-10)26-2/h3-8,18H,9H2,1-2H3,(H,22,23). The fraction of sp³-hybridized carbons (Fsp3) is 0.222. The van der Waals surface area contributed by atoms with Gasteiger partial charge in [-0.3, -0.25) is 4.79 Å². The molecule has 0 bridgehead atoms. The van der Waals surface area contributed by atoms with Gasteiger partial charge in [-0.15, -0.1) is 0 Å². The maximum Gasteiger partial charge on any atom is 0.387 e. The lowest BCUT2D eigenvalue weighted by Gasteiger charge is -2.11. The van der Waals surface area contributed by atoms with Crippen LogP contribution in [0.3, 0.4) is 0 Å². The van der Waals surface area contributed by atoms with Gasteiger partial charge in [0.25, 0.3) is 5.91 Å². The van der Waals surface area contributed by atoms with Crippen molar-refractivity contribution in [3.8, 4) is 17.2 Å². The molecule has 2 aromatic rings. The number of anilines is 1. The molecule has 28 heavy (non-hydrogen) atoms. The zero-order valence-corrected chi connectivity index (χ0v) is 15.6. The Labute approximate surface area is 164 Å². The van der Waals surface area contributed by atoms with Crippen LogP contribution in [0.15, 0.2) is 36.4 Å². The molecule has 0 atom stereocenters. The van der Waals surface area contributed by atoms with E-state index in [1.807, 2.05) is 0 Å². The van der Waals surface area contributed by atoms with Crippen LogP contribution in [0.5, 0.6) is 17.2 Å². The van der Waals surface area contributed by atoms with Crippen LogP contribution >= 0.6 is 11.6 Å². The summed E-state index contributed by atoms with van der Waals surface area (Å²) in [7, 11) is 2.69. The molecule has 7 nitrogen and oxygen atoms in total. The van der Waals surface area contributed by atoms with Crippen LogP contribution in [0.25, 0.3) is 0 Å². The van der Waals surface area contributed by atoms with Gasteiger partial charge in [0.05, 0.1) is 24.8 Å². The Morgan fingerprint density at radius 3 is 2.32 bits per heavy atom.